The number of rotatable bonds is 6. The van der Waals surface area contributed by atoms with Crippen LogP contribution in [0.3, 0.4) is 0 Å². The number of pyridine rings is 1. The van der Waals surface area contributed by atoms with E-state index in [4.69, 9.17) is 0 Å². The molecule has 1 aromatic carbocycles. The number of amides is 2. The number of halogens is 1. The second kappa shape index (κ2) is 9.07. The van der Waals surface area contributed by atoms with Crippen molar-refractivity contribution in [3.63, 3.8) is 0 Å². The zero-order chi connectivity index (χ0) is 23.8. The first-order valence-electron chi connectivity index (χ1n) is 12.0. The van der Waals surface area contributed by atoms with E-state index in [1.54, 1.807) is 35.5 Å². The minimum absolute atomic E-state index is 0.317. The molecular weight excluding hydrogens is 445 g/mol. The van der Waals surface area contributed by atoms with Crippen molar-refractivity contribution in [1.29, 1.82) is 0 Å². The number of aromatic amines is 1. The van der Waals surface area contributed by atoms with Crippen LogP contribution < -0.4 is 15.5 Å². The molecule has 4 aromatic rings. The Morgan fingerprint density at radius 1 is 1.20 bits per heavy atom. The van der Waals surface area contributed by atoms with E-state index in [1.165, 1.54) is 12.4 Å². The molecule has 1 atom stereocenters. The van der Waals surface area contributed by atoms with Gasteiger partial charge in [0.2, 0.25) is 0 Å². The number of H-pyrrole nitrogens is 1. The number of fused-ring (bicyclic) bond motifs is 1. The number of anilines is 2. The number of aromatic nitrogens is 4. The SMILES string of the molecule is O=C(Nc1ccc(-c2ncnc3[nH]cc(C4CC4)c23)c(F)c1)N(CC1CCNC1)c1cccnc1. The summed E-state index contributed by atoms with van der Waals surface area (Å²) < 4.78 is 15.4. The van der Waals surface area contributed by atoms with Crippen LogP contribution in [0.2, 0.25) is 0 Å². The summed E-state index contributed by atoms with van der Waals surface area (Å²) in [6.45, 7) is 2.37. The third-order valence-electron chi connectivity index (χ3n) is 6.80. The Balaban J connectivity index is 1.27. The fourth-order valence-corrected chi connectivity index (χ4v) is 4.83. The van der Waals surface area contributed by atoms with Crippen molar-refractivity contribution in [2.45, 2.75) is 25.2 Å². The molecule has 178 valence electrons. The lowest BCUT2D eigenvalue weighted by Gasteiger charge is -2.25. The molecular formula is C26H26FN7O. The van der Waals surface area contributed by atoms with Gasteiger partial charge < -0.3 is 15.6 Å². The molecule has 6 rings (SSSR count). The number of benzene rings is 1. The van der Waals surface area contributed by atoms with Crippen LogP contribution in [0.25, 0.3) is 22.3 Å². The molecule has 2 aliphatic rings. The fourth-order valence-electron chi connectivity index (χ4n) is 4.83. The predicted molar refractivity (Wildman–Crippen MR) is 133 cm³/mol. The van der Waals surface area contributed by atoms with E-state index in [-0.39, 0.29) is 6.03 Å². The molecule has 8 nitrogen and oxygen atoms in total. The number of urea groups is 1. The van der Waals surface area contributed by atoms with Gasteiger partial charge in [-0.2, -0.15) is 0 Å². The molecule has 2 fully saturated rings. The van der Waals surface area contributed by atoms with Crippen LogP contribution >= 0.6 is 0 Å². The summed E-state index contributed by atoms with van der Waals surface area (Å²) in [5.41, 5.74) is 3.90. The van der Waals surface area contributed by atoms with Crippen molar-refractivity contribution in [3.8, 4) is 11.3 Å². The minimum Gasteiger partial charge on any atom is -0.346 e. The maximum absolute atomic E-state index is 15.4. The van der Waals surface area contributed by atoms with Gasteiger partial charge in [0.25, 0.3) is 0 Å². The van der Waals surface area contributed by atoms with Crippen LogP contribution in [0.4, 0.5) is 20.6 Å². The molecule has 3 N–H and O–H groups in total. The summed E-state index contributed by atoms with van der Waals surface area (Å²) in [6.07, 6.45) is 10.00. The Bertz CT molecular complexity index is 1360. The Morgan fingerprint density at radius 3 is 2.86 bits per heavy atom. The molecule has 1 unspecified atom stereocenters. The average molecular weight is 472 g/mol. The Hall–Kier alpha value is -3.85. The van der Waals surface area contributed by atoms with Gasteiger partial charge in [-0.3, -0.25) is 9.88 Å². The van der Waals surface area contributed by atoms with Gasteiger partial charge in [-0.05, 0) is 80.1 Å². The Labute approximate surface area is 202 Å². The van der Waals surface area contributed by atoms with Gasteiger partial charge in [0.05, 0.1) is 17.6 Å². The van der Waals surface area contributed by atoms with Gasteiger partial charge in [0, 0.05) is 35.6 Å². The highest BCUT2D eigenvalue weighted by Gasteiger charge is 2.29. The summed E-state index contributed by atoms with van der Waals surface area (Å²) in [4.78, 5) is 31.0. The van der Waals surface area contributed by atoms with Crippen molar-refractivity contribution in [1.82, 2.24) is 25.3 Å². The normalized spacial score (nSPS) is 17.6. The quantitative estimate of drug-likeness (QED) is 0.379. The number of nitrogens with zero attached hydrogens (tertiary/aromatic N) is 4. The first-order valence-corrected chi connectivity index (χ1v) is 12.0. The zero-order valence-electron chi connectivity index (χ0n) is 19.2. The zero-order valence-corrected chi connectivity index (χ0v) is 19.2. The largest absolute Gasteiger partial charge is 0.346 e. The summed E-state index contributed by atoms with van der Waals surface area (Å²) in [6, 6.07) is 8.08. The second-order valence-corrected chi connectivity index (χ2v) is 9.27. The molecule has 3 aromatic heterocycles. The standard InChI is InChI=1S/C26H26FN7O/c27-22-10-18(33-26(35)34(14-16-7-9-29-11-16)19-2-1-8-28-12-19)5-6-20(22)24-23-21(17-3-4-17)13-30-25(23)32-15-31-24/h1-2,5-6,8,10,12-13,15-17,29H,3-4,7,9,11,14H2,(H,33,35)(H,30,31,32). The highest BCUT2D eigenvalue weighted by molar-refractivity contribution is 6.02. The van der Waals surface area contributed by atoms with Gasteiger partial charge in [-0.15, -0.1) is 0 Å². The lowest BCUT2D eigenvalue weighted by Crippen LogP contribution is -2.39. The maximum Gasteiger partial charge on any atom is 0.326 e. The summed E-state index contributed by atoms with van der Waals surface area (Å²) in [5, 5.41) is 7.08. The number of hydrogen-bond donors (Lipinski definition) is 3. The molecule has 0 bridgehead atoms. The lowest BCUT2D eigenvalue weighted by molar-refractivity contribution is 0.256. The Morgan fingerprint density at radius 2 is 2.11 bits per heavy atom. The number of carbonyl (C=O) groups is 1. The summed E-state index contributed by atoms with van der Waals surface area (Å²) in [5.74, 6) is 0.379. The predicted octanol–water partition coefficient (Wildman–Crippen LogP) is 4.68. The van der Waals surface area contributed by atoms with Crippen LogP contribution in [0, 0.1) is 11.7 Å². The van der Waals surface area contributed by atoms with Gasteiger partial charge in [0.15, 0.2) is 0 Å². The van der Waals surface area contributed by atoms with Gasteiger partial charge >= 0.3 is 6.03 Å². The van der Waals surface area contributed by atoms with E-state index in [2.05, 4.69) is 30.6 Å². The molecule has 9 heteroatoms. The fraction of sp³-hybridized carbons (Fsp3) is 0.308. The monoisotopic (exact) mass is 471 g/mol. The van der Waals surface area contributed by atoms with Crippen LogP contribution in [0.15, 0.2) is 55.2 Å². The van der Waals surface area contributed by atoms with Crippen LogP contribution in [-0.2, 0) is 0 Å². The molecule has 35 heavy (non-hydrogen) atoms. The Kier molecular flexibility index (Phi) is 5.61. The molecule has 0 radical (unpaired) electrons. The molecule has 1 saturated heterocycles. The topological polar surface area (TPSA) is 98.8 Å². The first-order chi connectivity index (χ1) is 17.2. The van der Waals surface area contributed by atoms with Crippen molar-refractivity contribution < 1.29 is 9.18 Å². The third-order valence-corrected chi connectivity index (χ3v) is 6.80. The van der Waals surface area contributed by atoms with Crippen LogP contribution in [0.1, 0.15) is 30.7 Å². The van der Waals surface area contributed by atoms with E-state index in [1.807, 2.05) is 12.3 Å². The van der Waals surface area contributed by atoms with E-state index >= 15 is 4.39 Å². The van der Waals surface area contributed by atoms with E-state index < -0.39 is 5.82 Å². The number of nitrogens with one attached hydrogen (secondary N) is 3. The summed E-state index contributed by atoms with van der Waals surface area (Å²) >= 11 is 0. The molecule has 1 saturated carbocycles. The average Bonchev–Trinajstić information content (AvgIpc) is 3.40. The van der Waals surface area contributed by atoms with Gasteiger partial charge in [-0.1, -0.05) is 0 Å². The second-order valence-electron chi connectivity index (χ2n) is 9.27. The maximum atomic E-state index is 15.4. The number of hydrogen-bond acceptors (Lipinski definition) is 5. The van der Waals surface area contributed by atoms with Crippen molar-refractivity contribution >= 4 is 28.4 Å². The smallest absolute Gasteiger partial charge is 0.326 e. The van der Waals surface area contributed by atoms with Gasteiger partial charge in [-0.25, -0.2) is 19.2 Å². The number of carbonyl (C=O) groups excluding carboxylic acids is 1. The van der Waals surface area contributed by atoms with Crippen LogP contribution in [0.5, 0.6) is 0 Å². The molecule has 1 aliphatic heterocycles. The lowest BCUT2D eigenvalue weighted by atomic mass is 10.0. The van der Waals surface area contributed by atoms with Crippen molar-refractivity contribution in [2.75, 3.05) is 29.9 Å². The van der Waals surface area contributed by atoms with E-state index in [0.29, 0.717) is 46.7 Å². The van der Waals surface area contributed by atoms with E-state index in [0.717, 1.165) is 43.3 Å². The molecule has 4 heterocycles. The van der Waals surface area contributed by atoms with Crippen molar-refractivity contribution in [2.24, 2.45) is 5.92 Å². The van der Waals surface area contributed by atoms with Crippen molar-refractivity contribution in [3.05, 3.63) is 66.6 Å². The van der Waals surface area contributed by atoms with Gasteiger partial charge in [0.1, 0.15) is 17.8 Å². The highest BCUT2D eigenvalue weighted by atomic mass is 19.1. The van der Waals surface area contributed by atoms with Crippen LogP contribution in [-0.4, -0.2) is 45.6 Å². The molecule has 0 spiro atoms. The van der Waals surface area contributed by atoms with E-state index in [9.17, 15) is 4.79 Å². The first kappa shape index (κ1) is 21.7. The molecule has 1 aliphatic carbocycles. The highest BCUT2D eigenvalue weighted by Crippen LogP contribution is 2.45. The minimum atomic E-state index is -0.446. The third kappa shape index (κ3) is 4.35. The molecule has 2 amide bonds. The summed E-state index contributed by atoms with van der Waals surface area (Å²) in [7, 11) is 0.